The van der Waals surface area contributed by atoms with E-state index in [1.807, 2.05) is 24.3 Å². The van der Waals surface area contributed by atoms with E-state index in [2.05, 4.69) is 41.6 Å². The molecule has 1 atom stereocenters. The Morgan fingerprint density at radius 1 is 1.15 bits per heavy atom. The highest BCUT2D eigenvalue weighted by Gasteiger charge is 2.06. The van der Waals surface area contributed by atoms with Gasteiger partial charge in [-0.05, 0) is 61.0 Å². The molecule has 0 aliphatic rings. The summed E-state index contributed by atoms with van der Waals surface area (Å²) in [4.78, 5) is 4.01. The summed E-state index contributed by atoms with van der Waals surface area (Å²) in [5.74, 6) is 0. The summed E-state index contributed by atoms with van der Waals surface area (Å²) in [6.07, 6.45) is 4.61. The SMILES string of the molecule is CCc1ccc(NC(=S)NC(C)c2ccncc2)cc1. The summed E-state index contributed by atoms with van der Waals surface area (Å²) < 4.78 is 0. The van der Waals surface area contributed by atoms with E-state index in [4.69, 9.17) is 12.2 Å². The smallest absolute Gasteiger partial charge is 0.171 e. The zero-order valence-corrected chi connectivity index (χ0v) is 12.6. The second-order valence-electron chi connectivity index (χ2n) is 4.65. The zero-order valence-electron chi connectivity index (χ0n) is 11.8. The molecular weight excluding hydrogens is 266 g/mol. The maximum atomic E-state index is 5.34. The van der Waals surface area contributed by atoms with Crippen LogP contribution in [0.4, 0.5) is 5.69 Å². The molecule has 0 amide bonds. The van der Waals surface area contributed by atoms with Crippen LogP contribution in [0.1, 0.15) is 31.0 Å². The van der Waals surface area contributed by atoms with Crippen LogP contribution >= 0.6 is 12.2 Å². The average Bonchev–Trinajstić information content (AvgIpc) is 2.49. The summed E-state index contributed by atoms with van der Waals surface area (Å²) in [7, 11) is 0. The van der Waals surface area contributed by atoms with Crippen molar-refractivity contribution < 1.29 is 0 Å². The van der Waals surface area contributed by atoms with E-state index >= 15 is 0 Å². The van der Waals surface area contributed by atoms with Crippen LogP contribution in [0.3, 0.4) is 0 Å². The number of aromatic nitrogens is 1. The number of nitrogens with zero attached hydrogens (tertiary/aromatic N) is 1. The highest BCUT2D eigenvalue weighted by atomic mass is 32.1. The number of nitrogens with one attached hydrogen (secondary N) is 2. The molecule has 20 heavy (non-hydrogen) atoms. The van der Waals surface area contributed by atoms with Gasteiger partial charge in [0.2, 0.25) is 0 Å². The Hall–Kier alpha value is -1.94. The lowest BCUT2D eigenvalue weighted by Crippen LogP contribution is -2.30. The molecule has 2 rings (SSSR count). The van der Waals surface area contributed by atoms with Crippen LogP contribution in [-0.4, -0.2) is 10.1 Å². The van der Waals surface area contributed by atoms with E-state index in [0.717, 1.165) is 17.7 Å². The first-order valence-electron chi connectivity index (χ1n) is 6.75. The summed E-state index contributed by atoms with van der Waals surface area (Å²) in [5, 5.41) is 7.09. The summed E-state index contributed by atoms with van der Waals surface area (Å²) in [6.45, 7) is 4.22. The minimum Gasteiger partial charge on any atom is -0.356 e. The van der Waals surface area contributed by atoms with Crippen molar-refractivity contribution in [1.29, 1.82) is 0 Å². The van der Waals surface area contributed by atoms with E-state index in [1.165, 1.54) is 5.56 Å². The van der Waals surface area contributed by atoms with Crippen molar-refractivity contribution in [2.45, 2.75) is 26.3 Å². The van der Waals surface area contributed by atoms with Gasteiger partial charge in [0.25, 0.3) is 0 Å². The van der Waals surface area contributed by atoms with Crippen LogP contribution in [0.2, 0.25) is 0 Å². The minimum atomic E-state index is 0.146. The molecule has 1 aromatic heterocycles. The first-order chi connectivity index (χ1) is 9.69. The summed E-state index contributed by atoms with van der Waals surface area (Å²) in [5.41, 5.74) is 3.48. The molecule has 1 heterocycles. The third kappa shape index (κ3) is 4.03. The number of hydrogen-bond acceptors (Lipinski definition) is 2. The van der Waals surface area contributed by atoms with Crippen molar-refractivity contribution in [3.63, 3.8) is 0 Å². The number of benzene rings is 1. The molecular formula is C16H19N3S. The van der Waals surface area contributed by atoms with E-state index in [0.29, 0.717) is 5.11 Å². The van der Waals surface area contributed by atoms with Gasteiger partial charge in [0.1, 0.15) is 0 Å². The van der Waals surface area contributed by atoms with Crippen LogP contribution in [0.15, 0.2) is 48.8 Å². The second-order valence-corrected chi connectivity index (χ2v) is 5.06. The third-order valence-electron chi connectivity index (χ3n) is 3.17. The Labute approximate surface area is 125 Å². The summed E-state index contributed by atoms with van der Waals surface area (Å²) >= 11 is 5.34. The van der Waals surface area contributed by atoms with Gasteiger partial charge < -0.3 is 10.6 Å². The van der Waals surface area contributed by atoms with E-state index in [1.54, 1.807) is 12.4 Å². The van der Waals surface area contributed by atoms with Crippen molar-refractivity contribution in [3.05, 3.63) is 59.9 Å². The van der Waals surface area contributed by atoms with Crippen molar-refractivity contribution in [2.75, 3.05) is 5.32 Å². The van der Waals surface area contributed by atoms with Gasteiger partial charge in [-0.3, -0.25) is 4.98 Å². The number of aryl methyl sites for hydroxylation is 1. The lowest BCUT2D eigenvalue weighted by Gasteiger charge is -2.17. The highest BCUT2D eigenvalue weighted by Crippen LogP contribution is 2.12. The molecule has 0 aliphatic heterocycles. The largest absolute Gasteiger partial charge is 0.356 e. The Bertz CT molecular complexity index is 552. The molecule has 1 aromatic carbocycles. The van der Waals surface area contributed by atoms with Crippen LogP contribution in [0.5, 0.6) is 0 Å². The Morgan fingerprint density at radius 2 is 1.80 bits per heavy atom. The third-order valence-corrected chi connectivity index (χ3v) is 3.39. The summed E-state index contributed by atoms with van der Waals surface area (Å²) in [6, 6.07) is 12.4. The van der Waals surface area contributed by atoms with Crippen molar-refractivity contribution >= 4 is 23.0 Å². The topological polar surface area (TPSA) is 37.0 Å². The fourth-order valence-corrected chi connectivity index (χ4v) is 2.22. The molecule has 0 aliphatic carbocycles. The normalized spacial score (nSPS) is 11.7. The molecule has 104 valence electrons. The lowest BCUT2D eigenvalue weighted by molar-refractivity contribution is 0.721. The van der Waals surface area contributed by atoms with E-state index in [9.17, 15) is 0 Å². The molecule has 0 bridgehead atoms. The number of pyridine rings is 1. The number of thiocarbonyl (C=S) groups is 1. The van der Waals surface area contributed by atoms with Gasteiger partial charge in [0, 0.05) is 18.1 Å². The molecule has 4 heteroatoms. The molecule has 2 N–H and O–H groups in total. The molecule has 0 spiro atoms. The van der Waals surface area contributed by atoms with Gasteiger partial charge in [-0.15, -0.1) is 0 Å². The minimum absolute atomic E-state index is 0.146. The number of hydrogen-bond donors (Lipinski definition) is 2. The van der Waals surface area contributed by atoms with Gasteiger partial charge in [0.05, 0.1) is 6.04 Å². The highest BCUT2D eigenvalue weighted by molar-refractivity contribution is 7.80. The monoisotopic (exact) mass is 285 g/mol. The number of anilines is 1. The van der Waals surface area contributed by atoms with E-state index in [-0.39, 0.29) is 6.04 Å². The van der Waals surface area contributed by atoms with Gasteiger partial charge >= 0.3 is 0 Å². The average molecular weight is 285 g/mol. The Morgan fingerprint density at radius 3 is 2.40 bits per heavy atom. The molecule has 0 fully saturated rings. The van der Waals surface area contributed by atoms with Crippen molar-refractivity contribution in [3.8, 4) is 0 Å². The fraction of sp³-hybridized carbons (Fsp3) is 0.250. The Kier molecular flexibility index (Phi) is 5.07. The standard InChI is InChI=1S/C16H19N3S/c1-3-13-4-6-15(7-5-13)19-16(20)18-12(2)14-8-10-17-11-9-14/h4-12H,3H2,1-2H3,(H2,18,19,20). The lowest BCUT2D eigenvalue weighted by atomic mass is 10.1. The van der Waals surface area contributed by atoms with Crippen LogP contribution < -0.4 is 10.6 Å². The van der Waals surface area contributed by atoms with Crippen LogP contribution in [0, 0.1) is 0 Å². The van der Waals surface area contributed by atoms with Gasteiger partial charge in [-0.2, -0.15) is 0 Å². The predicted octanol–water partition coefficient (Wildman–Crippen LogP) is 3.69. The Balaban J connectivity index is 1.91. The molecule has 1 unspecified atom stereocenters. The first kappa shape index (κ1) is 14.5. The van der Waals surface area contributed by atoms with Gasteiger partial charge in [-0.25, -0.2) is 0 Å². The first-order valence-corrected chi connectivity index (χ1v) is 7.16. The molecule has 0 saturated heterocycles. The van der Waals surface area contributed by atoms with Crippen molar-refractivity contribution in [2.24, 2.45) is 0 Å². The number of rotatable bonds is 4. The maximum absolute atomic E-state index is 5.34. The quantitative estimate of drug-likeness (QED) is 0.840. The van der Waals surface area contributed by atoms with Crippen LogP contribution in [0.25, 0.3) is 0 Å². The van der Waals surface area contributed by atoms with Gasteiger partial charge in [-0.1, -0.05) is 19.1 Å². The van der Waals surface area contributed by atoms with Gasteiger partial charge in [0.15, 0.2) is 5.11 Å². The van der Waals surface area contributed by atoms with Crippen molar-refractivity contribution in [1.82, 2.24) is 10.3 Å². The fourth-order valence-electron chi connectivity index (χ4n) is 1.92. The molecule has 0 radical (unpaired) electrons. The maximum Gasteiger partial charge on any atom is 0.171 e. The van der Waals surface area contributed by atoms with E-state index < -0.39 is 0 Å². The molecule has 3 nitrogen and oxygen atoms in total. The predicted molar refractivity (Wildman–Crippen MR) is 87.8 cm³/mol. The molecule has 2 aromatic rings. The van der Waals surface area contributed by atoms with Crippen LogP contribution in [-0.2, 0) is 6.42 Å². The molecule has 0 saturated carbocycles. The zero-order chi connectivity index (χ0) is 14.4. The second kappa shape index (κ2) is 7.01.